The zero-order valence-corrected chi connectivity index (χ0v) is 10.4. The number of pyridine rings is 1. The lowest BCUT2D eigenvalue weighted by Crippen LogP contribution is -2.37. The third-order valence-corrected chi connectivity index (χ3v) is 2.55. The van der Waals surface area contributed by atoms with E-state index in [-0.39, 0.29) is 11.9 Å². The second-order valence-corrected chi connectivity index (χ2v) is 4.48. The molecule has 1 unspecified atom stereocenters. The number of rotatable bonds is 5. The lowest BCUT2D eigenvalue weighted by molar-refractivity contribution is 0.0931. The topological polar surface area (TPSA) is 42.0 Å². The molecule has 0 radical (unpaired) electrons. The van der Waals surface area contributed by atoms with Crippen molar-refractivity contribution >= 4 is 17.5 Å². The summed E-state index contributed by atoms with van der Waals surface area (Å²) in [6, 6.07) is 5.27. The molecular weight excluding hydrogens is 224 g/mol. The summed E-state index contributed by atoms with van der Waals surface area (Å²) >= 11 is 5.81. The summed E-state index contributed by atoms with van der Waals surface area (Å²) in [5.74, 6) is 0.774. The minimum Gasteiger partial charge on any atom is -0.347 e. The average Bonchev–Trinajstić information content (AvgIpc) is 2.28. The number of alkyl halides is 1. The summed E-state index contributed by atoms with van der Waals surface area (Å²) in [6.45, 7) is 4.21. The van der Waals surface area contributed by atoms with Gasteiger partial charge in [-0.1, -0.05) is 19.9 Å². The predicted octanol–water partition coefficient (Wildman–Crippen LogP) is 2.46. The molecule has 1 amide bonds. The van der Waals surface area contributed by atoms with Crippen LogP contribution < -0.4 is 5.32 Å². The fourth-order valence-corrected chi connectivity index (χ4v) is 1.69. The molecule has 88 valence electrons. The molecule has 1 heterocycles. The van der Waals surface area contributed by atoms with Gasteiger partial charge in [0.15, 0.2) is 0 Å². The van der Waals surface area contributed by atoms with Crippen LogP contribution in [0.4, 0.5) is 0 Å². The number of amides is 1. The highest BCUT2D eigenvalue weighted by atomic mass is 35.5. The van der Waals surface area contributed by atoms with E-state index in [0.29, 0.717) is 17.5 Å². The van der Waals surface area contributed by atoms with Crippen molar-refractivity contribution in [2.24, 2.45) is 5.92 Å². The number of carbonyl (C=O) groups is 1. The molecule has 0 aliphatic rings. The number of halogens is 1. The van der Waals surface area contributed by atoms with Crippen LogP contribution in [0.3, 0.4) is 0 Å². The van der Waals surface area contributed by atoms with Crippen molar-refractivity contribution < 1.29 is 4.79 Å². The van der Waals surface area contributed by atoms with Crippen LogP contribution in [0.2, 0.25) is 0 Å². The normalized spacial score (nSPS) is 12.5. The fourth-order valence-electron chi connectivity index (χ4n) is 1.49. The summed E-state index contributed by atoms with van der Waals surface area (Å²) in [6.07, 6.45) is 2.48. The molecule has 0 bridgehead atoms. The van der Waals surface area contributed by atoms with Crippen LogP contribution in [0.25, 0.3) is 0 Å². The third-order valence-electron chi connectivity index (χ3n) is 2.17. The van der Waals surface area contributed by atoms with Gasteiger partial charge in [-0.2, -0.15) is 0 Å². The number of nitrogens with zero attached hydrogens (tertiary/aromatic N) is 1. The minimum absolute atomic E-state index is 0.0103. The number of hydrogen-bond acceptors (Lipinski definition) is 2. The van der Waals surface area contributed by atoms with Crippen LogP contribution >= 0.6 is 11.6 Å². The Morgan fingerprint density at radius 3 is 2.75 bits per heavy atom. The average molecular weight is 241 g/mol. The van der Waals surface area contributed by atoms with Gasteiger partial charge in [0.1, 0.15) is 5.69 Å². The maximum atomic E-state index is 11.8. The molecule has 1 aromatic heterocycles. The van der Waals surface area contributed by atoms with Crippen molar-refractivity contribution in [1.29, 1.82) is 0 Å². The first-order chi connectivity index (χ1) is 7.63. The van der Waals surface area contributed by atoms with Crippen LogP contribution in [0.1, 0.15) is 30.8 Å². The Bertz CT molecular complexity index is 327. The zero-order chi connectivity index (χ0) is 12.0. The molecule has 0 saturated heterocycles. The lowest BCUT2D eigenvalue weighted by Gasteiger charge is -2.17. The van der Waals surface area contributed by atoms with Gasteiger partial charge in [-0.15, -0.1) is 11.6 Å². The van der Waals surface area contributed by atoms with Crippen LogP contribution in [0, 0.1) is 5.92 Å². The molecule has 16 heavy (non-hydrogen) atoms. The highest BCUT2D eigenvalue weighted by Gasteiger charge is 2.14. The first kappa shape index (κ1) is 13.0. The van der Waals surface area contributed by atoms with Gasteiger partial charge >= 0.3 is 0 Å². The van der Waals surface area contributed by atoms with E-state index in [1.807, 2.05) is 0 Å². The summed E-state index contributed by atoms with van der Waals surface area (Å²) in [7, 11) is 0. The maximum Gasteiger partial charge on any atom is 0.270 e. The summed E-state index contributed by atoms with van der Waals surface area (Å²) in [4.78, 5) is 15.8. The number of carbonyl (C=O) groups excluding carboxylic acids is 1. The minimum atomic E-state index is -0.160. The van der Waals surface area contributed by atoms with Gasteiger partial charge in [-0.25, -0.2) is 0 Å². The standard InChI is InChI=1S/C12H17ClN2O/c1-9(2)7-10(8-13)15-12(16)11-5-3-4-6-14-11/h3-6,9-10H,7-8H2,1-2H3,(H,15,16). The highest BCUT2D eigenvalue weighted by Crippen LogP contribution is 2.07. The van der Waals surface area contributed by atoms with E-state index in [1.54, 1.807) is 24.4 Å². The smallest absolute Gasteiger partial charge is 0.270 e. The van der Waals surface area contributed by atoms with E-state index in [0.717, 1.165) is 6.42 Å². The molecule has 0 fully saturated rings. The van der Waals surface area contributed by atoms with Gasteiger partial charge in [-0.3, -0.25) is 9.78 Å². The van der Waals surface area contributed by atoms with Gasteiger partial charge in [-0.05, 0) is 24.5 Å². The van der Waals surface area contributed by atoms with E-state index in [9.17, 15) is 4.79 Å². The predicted molar refractivity (Wildman–Crippen MR) is 65.7 cm³/mol. The van der Waals surface area contributed by atoms with E-state index < -0.39 is 0 Å². The second kappa shape index (κ2) is 6.48. The van der Waals surface area contributed by atoms with Gasteiger partial charge in [0.25, 0.3) is 5.91 Å². The van der Waals surface area contributed by atoms with Crippen LogP contribution in [-0.4, -0.2) is 22.8 Å². The number of hydrogen-bond donors (Lipinski definition) is 1. The summed E-state index contributed by atoms with van der Waals surface area (Å²) < 4.78 is 0. The van der Waals surface area contributed by atoms with Crippen molar-refractivity contribution in [2.45, 2.75) is 26.3 Å². The Morgan fingerprint density at radius 2 is 2.25 bits per heavy atom. The third kappa shape index (κ3) is 4.19. The second-order valence-electron chi connectivity index (χ2n) is 4.17. The molecule has 1 atom stereocenters. The highest BCUT2D eigenvalue weighted by molar-refractivity contribution is 6.18. The fraction of sp³-hybridized carbons (Fsp3) is 0.500. The molecule has 0 spiro atoms. The Labute approximate surface area is 101 Å². The summed E-state index contributed by atoms with van der Waals surface area (Å²) in [5, 5.41) is 2.88. The molecular formula is C12H17ClN2O. The largest absolute Gasteiger partial charge is 0.347 e. The van der Waals surface area contributed by atoms with E-state index in [1.165, 1.54) is 0 Å². The first-order valence-electron chi connectivity index (χ1n) is 5.41. The Morgan fingerprint density at radius 1 is 1.50 bits per heavy atom. The van der Waals surface area contributed by atoms with Crippen molar-refractivity contribution in [1.82, 2.24) is 10.3 Å². The molecule has 1 rings (SSSR count). The molecule has 0 aromatic carbocycles. The molecule has 3 nitrogen and oxygen atoms in total. The van der Waals surface area contributed by atoms with Gasteiger partial charge in [0, 0.05) is 18.1 Å². The van der Waals surface area contributed by atoms with Crippen molar-refractivity contribution in [3.63, 3.8) is 0 Å². The Balaban J connectivity index is 2.56. The first-order valence-corrected chi connectivity index (χ1v) is 5.94. The van der Waals surface area contributed by atoms with Gasteiger partial charge in [0.05, 0.1) is 0 Å². The van der Waals surface area contributed by atoms with Crippen molar-refractivity contribution in [3.8, 4) is 0 Å². The van der Waals surface area contributed by atoms with Crippen LogP contribution in [-0.2, 0) is 0 Å². The number of nitrogens with one attached hydrogen (secondary N) is 1. The van der Waals surface area contributed by atoms with Crippen LogP contribution in [0.15, 0.2) is 24.4 Å². The molecule has 0 aliphatic carbocycles. The SMILES string of the molecule is CC(C)CC(CCl)NC(=O)c1ccccn1. The quantitative estimate of drug-likeness (QED) is 0.804. The molecule has 0 saturated carbocycles. The number of aromatic nitrogens is 1. The summed E-state index contributed by atoms with van der Waals surface area (Å²) in [5.41, 5.74) is 0.432. The van der Waals surface area contributed by atoms with E-state index in [4.69, 9.17) is 11.6 Å². The molecule has 0 aliphatic heterocycles. The van der Waals surface area contributed by atoms with Gasteiger partial charge in [0.2, 0.25) is 0 Å². The Hall–Kier alpha value is -1.09. The van der Waals surface area contributed by atoms with Crippen molar-refractivity contribution in [2.75, 3.05) is 5.88 Å². The molecule has 1 N–H and O–H groups in total. The lowest BCUT2D eigenvalue weighted by atomic mass is 10.1. The van der Waals surface area contributed by atoms with E-state index >= 15 is 0 Å². The van der Waals surface area contributed by atoms with Crippen LogP contribution in [0.5, 0.6) is 0 Å². The molecule has 4 heteroatoms. The van der Waals surface area contributed by atoms with Gasteiger partial charge < -0.3 is 5.32 Å². The zero-order valence-electron chi connectivity index (χ0n) is 9.61. The monoisotopic (exact) mass is 240 g/mol. The maximum absolute atomic E-state index is 11.8. The van der Waals surface area contributed by atoms with Crippen molar-refractivity contribution in [3.05, 3.63) is 30.1 Å². The Kier molecular flexibility index (Phi) is 5.26. The molecule has 1 aromatic rings. The van der Waals surface area contributed by atoms with E-state index in [2.05, 4.69) is 24.1 Å².